The van der Waals surface area contributed by atoms with E-state index in [1.165, 1.54) is 24.3 Å². The largest absolute Gasteiger partial charge is 0.352 e. The summed E-state index contributed by atoms with van der Waals surface area (Å²) in [6.07, 6.45) is 1.56. The highest BCUT2D eigenvalue weighted by Gasteiger charge is 2.28. The Morgan fingerprint density at radius 3 is 2.58 bits per heavy atom. The van der Waals surface area contributed by atoms with Crippen molar-refractivity contribution in [2.75, 3.05) is 18.0 Å². The van der Waals surface area contributed by atoms with Gasteiger partial charge in [0.15, 0.2) is 0 Å². The summed E-state index contributed by atoms with van der Waals surface area (Å²) >= 11 is 0. The van der Waals surface area contributed by atoms with Gasteiger partial charge < -0.3 is 10.2 Å². The molecule has 4 nitrogen and oxygen atoms in total. The van der Waals surface area contributed by atoms with Crippen LogP contribution in [0.4, 0.5) is 10.1 Å². The van der Waals surface area contributed by atoms with Gasteiger partial charge in [-0.1, -0.05) is 19.9 Å². The van der Waals surface area contributed by atoms with Crippen LogP contribution >= 0.6 is 0 Å². The number of nitrogens with zero attached hydrogens (tertiary/aromatic N) is 1. The SMILES string of the molecule is CC(C)CCNC(=O)c1cccc2c1CCN2C(=O)c1ccc(F)cc1. The molecule has 1 aliphatic heterocycles. The summed E-state index contributed by atoms with van der Waals surface area (Å²) in [4.78, 5) is 26.9. The average molecular weight is 354 g/mol. The predicted octanol–water partition coefficient (Wildman–Crippen LogP) is 3.80. The molecule has 26 heavy (non-hydrogen) atoms. The Hall–Kier alpha value is -2.69. The zero-order valence-electron chi connectivity index (χ0n) is 15.1. The molecule has 0 fully saturated rings. The molecule has 3 rings (SSSR count). The quantitative estimate of drug-likeness (QED) is 0.888. The molecule has 0 saturated carbocycles. The molecule has 0 aliphatic carbocycles. The summed E-state index contributed by atoms with van der Waals surface area (Å²) in [5.74, 6) is -0.121. The van der Waals surface area contributed by atoms with Gasteiger partial charge in [-0.15, -0.1) is 0 Å². The number of nitrogens with one attached hydrogen (secondary N) is 1. The normalized spacial score (nSPS) is 13.0. The Morgan fingerprint density at radius 1 is 1.15 bits per heavy atom. The zero-order chi connectivity index (χ0) is 18.7. The number of carbonyl (C=O) groups excluding carboxylic acids is 2. The molecule has 0 spiro atoms. The molecule has 5 heteroatoms. The second-order valence-electron chi connectivity index (χ2n) is 6.96. The van der Waals surface area contributed by atoms with Crippen LogP contribution in [0.25, 0.3) is 0 Å². The van der Waals surface area contributed by atoms with E-state index in [9.17, 15) is 14.0 Å². The maximum atomic E-state index is 13.1. The monoisotopic (exact) mass is 354 g/mol. The summed E-state index contributed by atoms with van der Waals surface area (Å²) in [5, 5.41) is 2.96. The Bertz CT molecular complexity index is 815. The van der Waals surface area contributed by atoms with Crippen LogP contribution in [0.15, 0.2) is 42.5 Å². The minimum atomic E-state index is -0.372. The van der Waals surface area contributed by atoms with Gasteiger partial charge >= 0.3 is 0 Å². The van der Waals surface area contributed by atoms with Crippen molar-refractivity contribution in [3.05, 3.63) is 65.0 Å². The molecular formula is C21H23FN2O2. The van der Waals surface area contributed by atoms with Gasteiger partial charge in [-0.3, -0.25) is 9.59 Å². The topological polar surface area (TPSA) is 49.4 Å². The minimum absolute atomic E-state index is 0.0985. The molecule has 0 unspecified atom stereocenters. The van der Waals surface area contributed by atoms with E-state index in [-0.39, 0.29) is 17.6 Å². The molecule has 0 saturated heterocycles. The molecule has 1 aliphatic rings. The van der Waals surface area contributed by atoms with E-state index < -0.39 is 0 Å². The Labute approximate surface area is 153 Å². The highest BCUT2D eigenvalue weighted by Crippen LogP contribution is 2.32. The minimum Gasteiger partial charge on any atom is -0.352 e. The number of hydrogen-bond acceptors (Lipinski definition) is 2. The van der Waals surface area contributed by atoms with Gasteiger partial charge in [0.1, 0.15) is 5.82 Å². The molecule has 1 heterocycles. The number of amides is 2. The van der Waals surface area contributed by atoms with Gasteiger partial charge in [-0.05, 0) is 60.7 Å². The molecule has 1 N–H and O–H groups in total. The molecule has 2 aromatic rings. The van der Waals surface area contributed by atoms with Gasteiger partial charge in [0.05, 0.1) is 0 Å². The zero-order valence-corrected chi connectivity index (χ0v) is 15.1. The number of halogens is 1. The first-order chi connectivity index (χ1) is 12.5. The molecule has 136 valence electrons. The predicted molar refractivity (Wildman–Crippen MR) is 100 cm³/mol. The molecule has 0 bridgehead atoms. The number of rotatable bonds is 5. The second kappa shape index (κ2) is 7.68. The van der Waals surface area contributed by atoms with Crippen LogP contribution in [0.1, 0.15) is 46.5 Å². The van der Waals surface area contributed by atoms with Crippen molar-refractivity contribution < 1.29 is 14.0 Å². The highest BCUT2D eigenvalue weighted by atomic mass is 19.1. The Morgan fingerprint density at radius 2 is 1.88 bits per heavy atom. The molecular weight excluding hydrogens is 331 g/mol. The van der Waals surface area contributed by atoms with Crippen molar-refractivity contribution in [1.29, 1.82) is 0 Å². The van der Waals surface area contributed by atoms with Crippen molar-refractivity contribution >= 4 is 17.5 Å². The molecule has 0 atom stereocenters. The van der Waals surface area contributed by atoms with Crippen LogP contribution in [0.2, 0.25) is 0 Å². The molecule has 0 aromatic heterocycles. The Balaban J connectivity index is 1.80. The van der Waals surface area contributed by atoms with Crippen LogP contribution in [0.5, 0.6) is 0 Å². The van der Waals surface area contributed by atoms with Crippen molar-refractivity contribution in [2.24, 2.45) is 5.92 Å². The maximum Gasteiger partial charge on any atom is 0.258 e. The molecule has 2 aromatic carbocycles. The van der Waals surface area contributed by atoms with Crippen LogP contribution in [-0.4, -0.2) is 24.9 Å². The molecule has 2 amide bonds. The van der Waals surface area contributed by atoms with Crippen LogP contribution in [0, 0.1) is 11.7 Å². The number of carbonyl (C=O) groups is 2. The van der Waals surface area contributed by atoms with Crippen molar-refractivity contribution in [3.8, 4) is 0 Å². The van der Waals surface area contributed by atoms with Gasteiger partial charge in [-0.2, -0.15) is 0 Å². The lowest BCUT2D eigenvalue weighted by atomic mass is 10.0. The van der Waals surface area contributed by atoms with E-state index in [0.717, 1.165) is 17.7 Å². The van der Waals surface area contributed by atoms with E-state index in [0.29, 0.717) is 36.6 Å². The second-order valence-corrected chi connectivity index (χ2v) is 6.96. The fourth-order valence-corrected chi connectivity index (χ4v) is 3.18. The first kappa shape index (κ1) is 18.1. The molecule has 0 radical (unpaired) electrons. The first-order valence-corrected chi connectivity index (χ1v) is 8.95. The van der Waals surface area contributed by atoms with Gasteiger partial charge in [0, 0.05) is 29.9 Å². The lowest BCUT2D eigenvalue weighted by Crippen LogP contribution is -2.29. The summed E-state index contributed by atoms with van der Waals surface area (Å²) in [5.41, 5.74) is 2.72. The van der Waals surface area contributed by atoms with E-state index >= 15 is 0 Å². The average Bonchev–Trinajstić information content (AvgIpc) is 3.05. The van der Waals surface area contributed by atoms with E-state index in [2.05, 4.69) is 19.2 Å². The number of hydrogen-bond donors (Lipinski definition) is 1. The Kier molecular flexibility index (Phi) is 5.35. The van der Waals surface area contributed by atoms with Crippen molar-refractivity contribution in [1.82, 2.24) is 5.32 Å². The highest BCUT2D eigenvalue weighted by molar-refractivity contribution is 6.08. The maximum absolute atomic E-state index is 13.1. The number of benzene rings is 2. The van der Waals surface area contributed by atoms with E-state index in [1.807, 2.05) is 6.07 Å². The fraction of sp³-hybridized carbons (Fsp3) is 0.333. The summed E-state index contributed by atoms with van der Waals surface area (Å²) in [6.45, 7) is 5.39. The smallest absolute Gasteiger partial charge is 0.258 e. The number of anilines is 1. The van der Waals surface area contributed by atoms with E-state index in [1.54, 1.807) is 17.0 Å². The fourth-order valence-electron chi connectivity index (χ4n) is 3.18. The lowest BCUT2D eigenvalue weighted by molar-refractivity contribution is 0.0949. The van der Waals surface area contributed by atoms with E-state index in [4.69, 9.17) is 0 Å². The van der Waals surface area contributed by atoms with Crippen LogP contribution < -0.4 is 10.2 Å². The number of fused-ring (bicyclic) bond motifs is 1. The van der Waals surface area contributed by atoms with Gasteiger partial charge in [-0.25, -0.2) is 4.39 Å². The van der Waals surface area contributed by atoms with Crippen LogP contribution in [0.3, 0.4) is 0 Å². The van der Waals surface area contributed by atoms with Crippen molar-refractivity contribution in [2.45, 2.75) is 26.7 Å². The standard InChI is InChI=1S/C21H23FN2O2/c1-14(2)10-12-23-20(25)18-4-3-5-19-17(18)11-13-24(19)21(26)15-6-8-16(22)9-7-15/h3-9,14H,10-13H2,1-2H3,(H,23,25). The summed E-state index contributed by atoms with van der Waals surface area (Å²) in [7, 11) is 0. The summed E-state index contributed by atoms with van der Waals surface area (Å²) < 4.78 is 13.1. The van der Waals surface area contributed by atoms with Gasteiger partial charge in [0.2, 0.25) is 0 Å². The third kappa shape index (κ3) is 3.77. The first-order valence-electron chi connectivity index (χ1n) is 8.95. The van der Waals surface area contributed by atoms with Gasteiger partial charge in [0.25, 0.3) is 11.8 Å². The lowest BCUT2D eigenvalue weighted by Gasteiger charge is -2.18. The van der Waals surface area contributed by atoms with Crippen LogP contribution in [-0.2, 0) is 6.42 Å². The third-order valence-corrected chi connectivity index (χ3v) is 4.62. The summed E-state index contributed by atoms with van der Waals surface area (Å²) in [6, 6.07) is 11.0. The van der Waals surface area contributed by atoms with Crippen molar-refractivity contribution in [3.63, 3.8) is 0 Å². The third-order valence-electron chi connectivity index (χ3n) is 4.62.